The maximum Gasteiger partial charge on any atom is 0.0671 e. The minimum absolute atomic E-state index is 0.0715. The van der Waals surface area contributed by atoms with Gasteiger partial charge in [-0.25, -0.2) is 0 Å². The Balaban J connectivity index is 3.43. The fourth-order valence-corrected chi connectivity index (χ4v) is 1.01. The average molecular weight is 203 g/mol. The van der Waals surface area contributed by atoms with Crippen molar-refractivity contribution >= 4 is 0 Å². The highest BCUT2D eigenvalue weighted by Gasteiger charge is 2.16. The first-order chi connectivity index (χ1) is 6.52. The van der Waals surface area contributed by atoms with E-state index >= 15 is 0 Å². The van der Waals surface area contributed by atoms with E-state index in [1.807, 2.05) is 0 Å². The van der Waals surface area contributed by atoms with Crippen LogP contribution in [0.3, 0.4) is 0 Å². The Kier molecular flexibility index (Phi) is 7.15. The Hall–Kier alpha value is -0.120. The second-order valence-electron chi connectivity index (χ2n) is 4.20. The third kappa shape index (κ3) is 7.30. The smallest absolute Gasteiger partial charge is 0.0671 e. The highest BCUT2D eigenvalue weighted by molar-refractivity contribution is 4.67. The number of nitrogens with one attached hydrogen (secondary N) is 1. The number of likely N-dealkylation sites (N-methyl/N-ethyl adjacent to an activating group) is 1. The quantitative estimate of drug-likeness (QED) is 0.652. The molecule has 14 heavy (non-hydrogen) atoms. The van der Waals surface area contributed by atoms with Gasteiger partial charge < -0.3 is 14.8 Å². The van der Waals surface area contributed by atoms with Crippen molar-refractivity contribution in [3.8, 4) is 0 Å². The summed E-state index contributed by atoms with van der Waals surface area (Å²) in [6.45, 7) is 11.0. The van der Waals surface area contributed by atoms with Gasteiger partial charge in [-0.05, 0) is 33.7 Å². The highest BCUT2D eigenvalue weighted by atomic mass is 16.5. The van der Waals surface area contributed by atoms with E-state index in [2.05, 4.69) is 33.0 Å². The van der Waals surface area contributed by atoms with Gasteiger partial charge in [0, 0.05) is 20.3 Å². The summed E-state index contributed by atoms with van der Waals surface area (Å²) in [7, 11) is 1.74. The van der Waals surface area contributed by atoms with Crippen molar-refractivity contribution in [1.29, 1.82) is 0 Å². The topological polar surface area (TPSA) is 30.5 Å². The molecule has 0 aromatic rings. The number of hydrogen-bond acceptors (Lipinski definition) is 3. The van der Waals surface area contributed by atoms with Gasteiger partial charge >= 0.3 is 0 Å². The van der Waals surface area contributed by atoms with Crippen molar-refractivity contribution in [2.24, 2.45) is 0 Å². The van der Waals surface area contributed by atoms with E-state index < -0.39 is 0 Å². The zero-order valence-corrected chi connectivity index (χ0v) is 10.2. The van der Waals surface area contributed by atoms with Crippen molar-refractivity contribution < 1.29 is 9.47 Å². The highest BCUT2D eigenvalue weighted by Crippen LogP contribution is 2.12. The molecular formula is C11H25NO2. The molecule has 3 nitrogen and oxygen atoms in total. The molecule has 0 spiro atoms. The molecule has 0 aliphatic heterocycles. The Labute approximate surface area is 88.2 Å². The molecule has 0 amide bonds. The van der Waals surface area contributed by atoms with Crippen molar-refractivity contribution in [2.45, 2.75) is 45.8 Å². The predicted octanol–water partition coefficient (Wildman–Crippen LogP) is 1.82. The van der Waals surface area contributed by atoms with Gasteiger partial charge in [0.05, 0.1) is 11.7 Å². The first kappa shape index (κ1) is 13.9. The third-order valence-corrected chi connectivity index (χ3v) is 2.34. The lowest BCUT2D eigenvalue weighted by atomic mass is 10.1. The monoisotopic (exact) mass is 203 g/mol. The van der Waals surface area contributed by atoms with Crippen LogP contribution in [-0.4, -0.2) is 38.5 Å². The lowest BCUT2D eigenvalue weighted by molar-refractivity contribution is -0.0228. The van der Waals surface area contributed by atoms with Gasteiger partial charge in [0.15, 0.2) is 0 Å². The standard InChI is InChI=1S/C11H25NO2/c1-6-12-9-10(2)14-8-7-11(3,4)13-5/h10,12H,6-9H2,1-5H3. The summed E-state index contributed by atoms with van der Waals surface area (Å²) in [5.41, 5.74) is -0.0715. The van der Waals surface area contributed by atoms with Crippen LogP contribution in [0.2, 0.25) is 0 Å². The number of hydrogen-bond donors (Lipinski definition) is 1. The van der Waals surface area contributed by atoms with Crippen LogP contribution < -0.4 is 5.32 Å². The van der Waals surface area contributed by atoms with Gasteiger partial charge in [-0.15, -0.1) is 0 Å². The van der Waals surface area contributed by atoms with Crippen LogP contribution >= 0.6 is 0 Å². The second kappa shape index (κ2) is 7.21. The Bertz CT molecular complexity index is 137. The lowest BCUT2D eigenvalue weighted by Crippen LogP contribution is -2.29. The first-order valence-corrected chi connectivity index (χ1v) is 5.39. The molecule has 1 atom stereocenters. The molecule has 0 fully saturated rings. The van der Waals surface area contributed by atoms with Crippen LogP contribution in [0.4, 0.5) is 0 Å². The van der Waals surface area contributed by atoms with E-state index in [4.69, 9.17) is 9.47 Å². The second-order valence-corrected chi connectivity index (χ2v) is 4.20. The fraction of sp³-hybridized carbons (Fsp3) is 1.00. The summed E-state index contributed by atoms with van der Waals surface area (Å²) in [5.74, 6) is 0. The van der Waals surface area contributed by atoms with E-state index in [0.717, 1.165) is 26.1 Å². The summed E-state index contributed by atoms with van der Waals surface area (Å²) in [6, 6.07) is 0. The zero-order chi connectivity index (χ0) is 11.0. The molecule has 3 heteroatoms. The molecule has 1 N–H and O–H groups in total. The van der Waals surface area contributed by atoms with Gasteiger partial charge in [-0.3, -0.25) is 0 Å². The van der Waals surface area contributed by atoms with Crippen LogP contribution in [0.1, 0.15) is 34.1 Å². The van der Waals surface area contributed by atoms with Gasteiger partial charge in [-0.1, -0.05) is 6.92 Å². The summed E-state index contributed by atoms with van der Waals surface area (Å²) >= 11 is 0. The fourth-order valence-electron chi connectivity index (χ4n) is 1.01. The minimum atomic E-state index is -0.0715. The summed E-state index contributed by atoms with van der Waals surface area (Å²) in [5, 5.41) is 3.25. The molecular weight excluding hydrogens is 178 g/mol. The molecule has 0 aliphatic carbocycles. The van der Waals surface area contributed by atoms with E-state index in [0.29, 0.717) is 0 Å². The van der Waals surface area contributed by atoms with E-state index in [1.165, 1.54) is 0 Å². The predicted molar refractivity (Wildman–Crippen MR) is 59.7 cm³/mol. The minimum Gasteiger partial charge on any atom is -0.379 e. The van der Waals surface area contributed by atoms with Crippen LogP contribution in [-0.2, 0) is 9.47 Å². The lowest BCUT2D eigenvalue weighted by Gasteiger charge is -2.23. The molecule has 1 unspecified atom stereocenters. The molecule has 0 bridgehead atoms. The third-order valence-electron chi connectivity index (χ3n) is 2.34. The normalized spacial score (nSPS) is 14.4. The van der Waals surface area contributed by atoms with E-state index in [1.54, 1.807) is 7.11 Å². The van der Waals surface area contributed by atoms with Crippen molar-refractivity contribution in [2.75, 3.05) is 26.8 Å². The van der Waals surface area contributed by atoms with Crippen molar-refractivity contribution in [3.63, 3.8) is 0 Å². The van der Waals surface area contributed by atoms with Gasteiger partial charge in [0.25, 0.3) is 0 Å². The summed E-state index contributed by atoms with van der Waals surface area (Å²) in [6.07, 6.45) is 1.21. The van der Waals surface area contributed by atoms with Crippen LogP contribution in [0.15, 0.2) is 0 Å². The molecule has 0 heterocycles. The molecule has 0 aliphatic rings. The number of ether oxygens (including phenoxy) is 2. The molecule has 0 rings (SSSR count). The van der Waals surface area contributed by atoms with Crippen molar-refractivity contribution in [1.82, 2.24) is 5.32 Å². The van der Waals surface area contributed by atoms with E-state index in [9.17, 15) is 0 Å². The molecule has 0 aromatic carbocycles. The maximum atomic E-state index is 5.64. The van der Waals surface area contributed by atoms with Crippen LogP contribution in [0.25, 0.3) is 0 Å². The number of rotatable bonds is 8. The van der Waals surface area contributed by atoms with Gasteiger partial charge in [0.1, 0.15) is 0 Å². The van der Waals surface area contributed by atoms with Gasteiger partial charge in [0.2, 0.25) is 0 Å². The Morgan fingerprint density at radius 3 is 2.50 bits per heavy atom. The first-order valence-electron chi connectivity index (χ1n) is 5.39. The summed E-state index contributed by atoms with van der Waals surface area (Å²) < 4.78 is 10.9. The maximum absolute atomic E-state index is 5.64. The number of methoxy groups -OCH3 is 1. The molecule has 86 valence electrons. The largest absolute Gasteiger partial charge is 0.379 e. The Morgan fingerprint density at radius 1 is 1.36 bits per heavy atom. The average Bonchev–Trinajstić information content (AvgIpc) is 2.14. The van der Waals surface area contributed by atoms with E-state index in [-0.39, 0.29) is 11.7 Å². The SMILES string of the molecule is CCNCC(C)OCCC(C)(C)OC. The molecule has 0 aromatic heterocycles. The van der Waals surface area contributed by atoms with Gasteiger partial charge in [-0.2, -0.15) is 0 Å². The molecule has 0 saturated carbocycles. The van der Waals surface area contributed by atoms with Crippen molar-refractivity contribution in [3.05, 3.63) is 0 Å². The van der Waals surface area contributed by atoms with Crippen LogP contribution in [0.5, 0.6) is 0 Å². The molecule has 0 saturated heterocycles. The zero-order valence-electron chi connectivity index (χ0n) is 10.2. The van der Waals surface area contributed by atoms with Crippen LogP contribution in [0, 0.1) is 0 Å². The summed E-state index contributed by atoms with van der Waals surface area (Å²) in [4.78, 5) is 0. The Morgan fingerprint density at radius 2 is 2.00 bits per heavy atom. The molecule has 0 radical (unpaired) electrons.